The average Bonchev–Trinajstić information content (AvgIpc) is 2.94. The van der Waals surface area contributed by atoms with Crippen LogP contribution in [0.4, 0.5) is 5.69 Å². The molecule has 1 aromatic carbocycles. The van der Waals surface area contributed by atoms with Gasteiger partial charge in [0, 0.05) is 18.3 Å². The van der Waals surface area contributed by atoms with Gasteiger partial charge in [0.2, 0.25) is 5.91 Å². The van der Waals surface area contributed by atoms with E-state index in [1.54, 1.807) is 13.8 Å². The van der Waals surface area contributed by atoms with E-state index in [0.717, 1.165) is 16.8 Å². The summed E-state index contributed by atoms with van der Waals surface area (Å²) in [7, 11) is 1.48. The van der Waals surface area contributed by atoms with Crippen LogP contribution in [-0.4, -0.2) is 48.0 Å². The number of hydrogen-bond donors (Lipinski definition) is 1. The lowest BCUT2D eigenvalue weighted by atomic mass is 10.1. The minimum absolute atomic E-state index is 0.0226. The van der Waals surface area contributed by atoms with Crippen molar-refractivity contribution in [3.63, 3.8) is 0 Å². The van der Waals surface area contributed by atoms with Gasteiger partial charge in [0.05, 0.1) is 18.7 Å². The van der Waals surface area contributed by atoms with Gasteiger partial charge in [0.15, 0.2) is 6.61 Å². The molecule has 150 valence electrons. The zero-order valence-electron chi connectivity index (χ0n) is 16.8. The molecule has 0 bridgehead atoms. The zero-order valence-corrected chi connectivity index (χ0v) is 16.8. The Hall–Kier alpha value is -3.16. The molecule has 0 unspecified atom stereocenters. The molecule has 0 aliphatic carbocycles. The summed E-state index contributed by atoms with van der Waals surface area (Å²) < 4.78 is 10.0. The molecule has 0 radical (unpaired) electrons. The van der Waals surface area contributed by atoms with Gasteiger partial charge in [-0.15, -0.1) is 0 Å². The second kappa shape index (κ2) is 9.16. The molecule has 0 saturated carbocycles. The second-order valence-electron chi connectivity index (χ2n) is 6.70. The molecule has 0 spiro atoms. The van der Waals surface area contributed by atoms with Gasteiger partial charge in [0.1, 0.15) is 5.76 Å². The Morgan fingerprint density at radius 2 is 1.79 bits per heavy atom. The monoisotopic (exact) mass is 387 g/mol. The summed E-state index contributed by atoms with van der Waals surface area (Å²) >= 11 is 0. The predicted molar refractivity (Wildman–Crippen MR) is 103 cm³/mol. The Bertz CT molecular complexity index is 848. The Kier molecular flexibility index (Phi) is 6.92. The Morgan fingerprint density at radius 3 is 2.36 bits per heavy atom. The molecule has 0 fully saturated rings. The quantitative estimate of drug-likeness (QED) is 0.730. The van der Waals surface area contributed by atoms with Crippen LogP contribution in [0.25, 0.3) is 0 Å². The van der Waals surface area contributed by atoms with Crippen LogP contribution in [0.3, 0.4) is 0 Å². The number of para-hydroxylation sites is 1. The molecular weight excluding hydrogens is 362 g/mol. The van der Waals surface area contributed by atoms with Gasteiger partial charge in [-0.2, -0.15) is 0 Å². The molecule has 0 aliphatic heterocycles. The van der Waals surface area contributed by atoms with Crippen molar-refractivity contribution in [2.24, 2.45) is 0 Å². The van der Waals surface area contributed by atoms with Gasteiger partial charge in [0.25, 0.3) is 5.91 Å². The van der Waals surface area contributed by atoms with Crippen molar-refractivity contribution in [1.29, 1.82) is 0 Å². The van der Waals surface area contributed by atoms with E-state index < -0.39 is 18.5 Å². The zero-order chi connectivity index (χ0) is 20.8. The van der Waals surface area contributed by atoms with Gasteiger partial charge in [-0.3, -0.25) is 14.4 Å². The summed E-state index contributed by atoms with van der Waals surface area (Å²) in [6.07, 6.45) is -0.0226. The molecule has 0 saturated heterocycles. The Balaban J connectivity index is 1.82. The Morgan fingerprint density at radius 1 is 1.14 bits per heavy atom. The summed E-state index contributed by atoms with van der Waals surface area (Å²) in [4.78, 5) is 37.5. The number of benzene rings is 1. The summed E-state index contributed by atoms with van der Waals surface area (Å²) in [5.74, 6) is -0.809. The van der Waals surface area contributed by atoms with E-state index in [1.807, 2.05) is 32.0 Å². The summed E-state index contributed by atoms with van der Waals surface area (Å²) in [6.45, 7) is 6.65. The van der Waals surface area contributed by atoms with Crippen LogP contribution in [-0.2, 0) is 25.5 Å². The van der Waals surface area contributed by atoms with E-state index in [0.29, 0.717) is 17.0 Å². The third kappa shape index (κ3) is 5.42. The second-order valence-corrected chi connectivity index (χ2v) is 6.70. The fourth-order valence-electron chi connectivity index (χ4n) is 2.70. The molecule has 8 heteroatoms. The van der Waals surface area contributed by atoms with Crippen molar-refractivity contribution in [2.75, 3.05) is 25.5 Å². The number of carbonyl (C=O) groups is 3. The first kappa shape index (κ1) is 21.1. The number of esters is 1. The SMILES string of the molecule is Cc1cccc(C)c1NC(=O)CN(C)C(=O)COC(=O)Cc1c(C)noc1C. The number of rotatable bonds is 7. The number of likely N-dealkylation sites (N-methyl/N-ethyl adjacent to an activating group) is 1. The van der Waals surface area contributed by atoms with E-state index in [9.17, 15) is 14.4 Å². The molecule has 2 rings (SSSR count). The highest BCUT2D eigenvalue weighted by Crippen LogP contribution is 2.19. The topological polar surface area (TPSA) is 102 Å². The first-order valence-corrected chi connectivity index (χ1v) is 8.86. The lowest BCUT2D eigenvalue weighted by Crippen LogP contribution is -2.37. The average molecular weight is 387 g/mol. The molecule has 28 heavy (non-hydrogen) atoms. The van der Waals surface area contributed by atoms with Crippen molar-refractivity contribution >= 4 is 23.5 Å². The summed E-state index contributed by atoms with van der Waals surface area (Å²) in [6, 6.07) is 5.71. The lowest BCUT2D eigenvalue weighted by molar-refractivity contribution is -0.151. The van der Waals surface area contributed by atoms with Crippen LogP contribution in [0.1, 0.15) is 28.1 Å². The van der Waals surface area contributed by atoms with Crippen molar-refractivity contribution in [2.45, 2.75) is 34.1 Å². The Labute approximate surface area is 163 Å². The maximum absolute atomic E-state index is 12.2. The molecule has 0 atom stereocenters. The first-order chi connectivity index (χ1) is 13.2. The van der Waals surface area contributed by atoms with Crippen molar-refractivity contribution in [3.8, 4) is 0 Å². The predicted octanol–water partition coefficient (Wildman–Crippen LogP) is 2.09. The number of carbonyl (C=O) groups excluding carboxylic acids is 3. The smallest absolute Gasteiger partial charge is 0.310 e. The normalized spacial score (nSPS) is 10.5. The fraction of sp³-hybridized carbons (Fsp3) is 0.400. The molecule has 1 N–H and O–H groups in total. The molecule has 0 aliphatic rings. The lowest BCUT2D eigenvalue weighted by Gasteiger charge is -2.18. The van der Waals surface area contributed by atoms with Gasteiger partial charge in [-0.25, -0.2) is 0 Å². The van der Waals surface area contributed by atoms with Crippen molar-refractivity contribution in [3.05, 3.63) is 46.3 Å². The number of hydrogen-bond acceptors (Lipinski definition) is 6. The summed E-state index contributed by atoms with van der Waals surface area (Å²) in [5, 5.41) is 6.58. The number of ether oxygens (including phenoxy) is 1. The standard InChI is InChI=1S/C20H25N3O5/c1-12-7-6-8-13(2)20(12)21-17(24)10-23(5)18(25)11-27-19(26)9-16-14(3)22-28-15(16)4/h6-8H,9-11H2,1-5H3,(H,21,24). The van der Waals surface area contributed by atoms with Crippen molar-refractivity contribution < 1.29 is 23.6 Å². The molecule has 8 nitrogen and oxygen atoms in total. The van der Waals surface area contributed by atoms with Crippen LogP contribution < -0.4 is 5.32 Å². The fourth-order valence-corrected chi connectivity index (χ4v) is 2.70. The molecular formula is C20H25N3O5. The van der Waals surface area contributed by atoms with Gasteiger partial charge in [-0.05, 0) is 38.8 Å². The molecule has 2 amide bonds. The molecule has 1 heterocycles. The van der Waals surface area contributed by atoms with Crippen molar-refractivity contribution in [1.82, 2.24) is 10.1 Å². The van der Waals surface area contributed by atoms with E-state index in [1.165, 1.54) is 11.9 Å². The van der Waals surface area contributed by atoms with Gasteiger partial charge in [-0.1, -0.05) is 23.4 Å². The van der Waals surface area contributed by atoms with Crippen LogP contribution in [0.2, 0.25) is 0 Å². The number of nitrogens with zero attached hydrogens (tertiary/aromatic N) is 2. The van der Waals surface area contributed by atoms with Crippen LogP contribution in [0.5, 0.6) is 0 Å². The largest absolute Gasteiger partial charge is 0.455 e. The van der Waals surface area contributed by atoms with Gasteiger partial charge >= 0.3 is 5.97 Å². The molecule has 2 aromatic rings. The third-order valence-electron chi connectivity index (χ3n) is 4.41. The van der Waals surface area contributed by atoms with E-state index >= 15 is 0 Å². The maximum atomic E-state index is 12.2. The van der Waals surface area contributed by atoms with E-state index in [-0.39, 0.29) is 18.9 Å². The van der Waals surface area contributed by atoms with Gasteiger partial charge < -0.3 is 19.5 Å². The van der Waals surface area contributed by atoms with Crippen LogP contribution >= 0.6 is 0 Å². The minimum atomic E-state index is -0.559. The number of amides is 2. The van der Waals surface area contributed by atoms with Crippen LogP contribution in [0.15, 0.2) is 22.7 Å². The first-order valence-electron chi connectivity index (χ1n) is 8.86. The maximum Gasteiger partial charge on any atom is 0.310 e. The van der Waals surface area contributed by atoms with Crippen LogP contribution in [0, 0.1) is 27.7 Å². The van der Waals surface area contributed by atoms with E-state index in [4.69, 9.17) is 9.26 Å². The highest BCUT2D eigenvalue weighted by atomic mass is 16.5. The minimum Gasteiger partial charge on any atom is -0.455 e. The highest BCUT2D eigenvalue weighted by molar-refractivity contribution is 5.96. The molecule has 1 aromatic heterocycles. The summed E-state index contributed by atoms with van der Waals surface area (Å²) in [5.41, 5.74) is 3.88. The highest BCUT2D eigenvalue weighted by Gasteiger charge is 2.18. The number of nitrogens with one attached hydrogen (secondary N) is 1. The third-order valence-corrected chi connectivity index (χ3v) is 4.41. The number of anilines is 1. The van der Waals surface area contributed by atoms with E-state index in [2.05, 4.69) is 10.5 Å². The number of aryl methyl sites for hydroxylation is 4. The number of aromatic nitrogens is 1.